The number of hydrogen-bond donors (Lipinski definition) is 0. The molecule has 4 rings (SSSR count). The minimum atomic E-state index is -0.677. The van der Waals surface area contributed by atoms with Crippen LogP contribution in [0.25, 0.3) is 10.9 Å². The Hall–Kier alpha value is -2.28. The van der Waals surface area contributed by atoms with Gasteiger partial charge >= 0.3 is 6.01 Å². The highest BCUT2D eigenvalue weighted by molar-refractivity contribution is 6.30. The van der Waals surface area contributed by atoms with Crippen LogP contribution in [0.2, 0.25) is 5.15 Å². The third kappa shape index (κ3) is 4.13. The van der Waals surface area contributed by atoms with E-state index < -0.39 is 5.82 Å². The van der Waals surface area contributed by atoms with Crippen LogP contribution in [-0.4, -0.2) is 83.7 Å². The van der Waals surface area contributed by atoms with Gasteiger partial charge in [-0.15, -0.1) is 0 Å². The molecule has 0 spiro atoms. The van der Waals surface area contributed by atoms with Gasteiger partial charge in [-0.05, 0) is 33.5 Å². The Morgan fingerprint density at radius 1 is 1.23 bits per heavy atom. The summed E-state index contributed by atoms with van der Waals surface area (Å²) in [5.41, 5.74) is 0.102. The Balaban J connectivity index is 1.68. The SMILES string of the molecule is CN1CCC[C@H]1COc1nc(N2CCN(C)[C@@H](CC#N)C2)c2cnc(Cl)c(F)c2n1. The monoisotopic (exact) mass is 433 g/mol. The van der Waals surface area contributed by atoms with E-state index in [9.17, 15) is 4.39 Å². The standard InChI is InChI=1S/C20H25ClFN7O/c1-27-7-3-4-14(27)12-30-20-25-17-15(10-24-18(21)16(17)22)19(26-20)29-9-8-28(2)13(11-29)5-6-23/h10,13-14H,3-5,7-9,11-12H2,1-2H3/t13-,14-/m0/s1. The first-order valence-electron chi connectivity index (χ1n) is 10.1. The Labute approximate surface area is 180 Å². The van der Waals surface area contributed by atoms with Crippen LogP contribution >= 0.6 is 11.6 Å². The number of piperazine rings is 1. The summed E-state index contributed by atoms with van der Waals surface area (Å²) in [6.07, 6.45) is 4.09. The number of likely N-dealkylation sites (N-methyl/N-ethyl adjacent to an activating group) is 2. The van der Waals surface area contributed by atoms with Crippen molar-refractivity contribution in [2.45, 2.75) is 31.3 Å². The van der Waals surface area contributed by atoms with E-state index in [0.29, 0.717) is 43.4 Å². The second kappa shape index (κ2) is 8.84. The average molecular weight is 434 g/mol. The molecule has 2 aliphatic heterocycles. The van der Waals surface area contributed by atoms with E-state index in [1.807, 2.05) is 7.05 Å². The second-order valence-electron chi connectivity index (χ2n) is 7.99. The third-order valence-electron chi connectivity index (χ3n) is 6.08. The molecule has 4 heterocycles. The molecule has 8 nitrogen and oxygen atoms in total. The van der Waals surface area contributed by atoms with Gasteiger partial charge in [-0.3, -0.25) is 4.90 Å². The number of anilines is 1. The minimum absolute atomic E-state index is 0.0652. The van der Waals surface area contributed by atoms with E-state index in [1.165, 1.54) is 6.20 Å². The van der Waals surface area contributed by atoms with E-state index in [4.69, 9.17) is 21.6 Å². The summed E-state index contributed by atoms with van der Waals surface area (Å²) in [6.45, 7) is 3.55. The molecule has 30 heavy (non-hydrogen) atoms. The summed E-state index contributed by atoms with van der Waals surface area (Å²) in [5, 5.41) is 9.41. The van der Waals surface area contributed by atoms with Crippen LogP contribution in [0.3, 0.4) is 0 Å². The quantitative estimate of drug-likeness (QED) is 0.664. The van der Waals surface area contributed by atoms with Crippen molar-refractivity contribution in [3.8, 4) is 12.1 Å². The largest absolute Gasteiger partial charge is 0.462 e. The van der Waals surface area contributed by atoms with Crippen LogP contribution in [0.5, 0.6) is 6.01 Å². The van der Waals surface area contributed by atoms with Gasteiger partial charge in [0, 0.05) is 37.9 Å². The van der Waals surface area contributed by atoms with Crippen LogP contribution < -0.4 is 9.64 Å². The van der Waals surface area contributed by atoms with Crippen molar-refractivity contribution < 1.29 is 9.13 Å². The Morgan fingerprint density at radius 2 is 2.03 bits per heavy atom. The predicted molar refractivity (Wildman–Crippen MR) is 112 cm³/mol. The highest BCUT2D eigenvalue weighted by atomic mass is 35.5. The lowest BCUT2D eigenvalue weighted by Crippen LogP contribution is -2.51. The number of aromatic nitrogens is 3. The zero-order valence-corrected chi connectivity index (χ0v) is 17.9. The lowest BCUT2D eigenvalue weighted by Gasteiger charge is -2.39. The van der Waals surface area contributed by atoms with E-state index >= 15 is 0 Å². The molecule has 0 N–H and O–H groups in total. The number of pyridine rings is 1. The zero-order valence-electron chi connectivity index (χ0n) is 17.2. The minimum Gasteiger partial charge on any atom is -0.462 e. The summed E-state index contributed by atoms with van der Waals surface area (Å²) < 4.78 is 20.7. The van der Waals surface area contributed by atoms with E-state index in [1.54, 1.807) is 0 Å². The smallest absolute Gasteiger partial charge is 0.319 e. The van der Waals surface area contributed by atoms with Crippen LogP contribution in [0.15, 0.2) is 6.20 Å². The normalized spacial score (nSPS) is 23.1. The van der Waals surface area contributed by atoms with Crippen LogP contribution in [-0.2, 0) is 0 Å². The fourth-order valence-corrected chi connectivity index (χ4v) is 4.27. The van der Waals surface area contributed by atoms with Crippen LogP contribution in [0, 0.1) is 17.1 Å². The fourth-order valence-electron chi connectivity index (χ4n) is 4.13. The summed E-state index contributed by atoms with van der Waals surface area (Å²) in [4.78, 5) is 19.3. The third-order valence-corrected chi connectivity index (χ3v) is 6.34. The number of nitrogens with zero attached hydrogens (tertiary/aromatic N) is 7. The first kappa shape index (κ1) is 21.0. The Morgan fingerprint density at radius 3 is 2.77 bits per heavy atom. The molecular formula is C20H25ClFN7O. The summed E-state index contributed by atoms with van der Waals surface area (Å²) in [5.74, 6) is -0.114. The molecule has 2 fully saturated rings. The molecular weight excluding hydrogens is 409 g/mol. The Kier molecular flexibility index (Phi) is 6.18. The fraction of sp³-hybridized carbons (Fsp3) is 0.600. The summed E-state index contributed by atoms with van der Waals surface area (Å²) in [7, 11) is 4.07. The van der Waals surface area contributed by atoms with Crippen molar-refractivity contribution in [3.05, 3.63) is 17.2 Å². The summed E-state index contributed by atoms with van der Waals surface area (Å²) >= 11 is 5.91. The highest BCUT2D eigenvalue weighted by Gasteiger charge is 2.28. The second-order valence-corrected chi connectivity index (χ2v) is 8.34. The molecule has 0 bridgehead atoms. The van der Waals surface area contributed by atoms with Crippen molar-refractivity contribution in [1.82, 2.24) is 24.8 Å². The summed E-state index contributed by atoms with van der Waals surface area (Å²) in [6, 6.07) is 2.73. The number of ether oxygens (including phenoxy) is 1. The predicted octanol–water partition coefficient (Wildman–Crippen LogP) is 2.32. The molecule has 0 amide bonds. The van der Waals surface area contributed by atoms with Gasteiger partial charge in [0.15, 0.2) is 11.0 Å². The van der Waals surface area contributed by atoms with Gasteiger partial charge < -0.3 is 14.5 Å². The van der Waals surface area contributed by atoms with Gasteiger partial charge in [0.2, 0.25) is 0 Å². The van der Waals surface area contributed by atoms with E-state index in [2.05, 4.69) is 42.8 Å². The van der Waals surface area contributed by atoms with Crippen LogP contribution in [0.1, 0.15) is 19.3 Å². The number of likely N-dealkylation sites (tertiary alicyclic amines) is 1. The maximum absolute atomic E-state index is 14.8. The van der Waals surface area contributed by atoms with Gasteiger partial charge in [-0.2, -0.15) is 15.2 Å². The lowest BCUT2D eigenvalue weighted by molar-refractivity contribution is 0.188. The van der Waals surface area contributed by atoms with Crippen molar-refractivity contribution in [2.75, 3.05) is 51.8 Å². The molecule has 2 saturated heterocycles. The van der Waals surface area contributed by atoms with Gasteiger partial charge in [-0.1, -0.05) is 11.6 Å². The molecule has 2 aromatic rings. The molecule has 0 radical (unpaired) electrons. The number of halogens is 2. The molecule has 0 saturated carbocycles. The number of rotatable bonds is 5. The molecule has 10 heteroatoms. The Bertz CT molecular complexity index is 968. The first-order chi connectivity index (χ1) is 14.5. The molecule has 160 valence electrons. The lowest BCUT2D eigenvalue weighted by atomic mass is 10.1. The molecule has 0 aromatic carbocycles. The molecule has 2 aliphatic rings. The molecule has 2 aromatic heterocycles. The maximum atomic E-state index is 14.8. The topological polar surface area (TPSA) is 81.4 Å². The van der Waals surface area contributed by atoms with Crippen molar-refractivity contribution >= 4 is 28.3 Å². The van der Waals surface area contributed by atoms with Crippen molar-refractivity contribution in [2.24, 2.45) is 0 Å². The van der Waals surface area contributed by atoms with E-state index in [0.717, 1.165) is 25.9 Å². The van der Waals surface area contributed by atoms with Gasteiger partial charge in [0.05, 0.1) is 17.9 Å². The van der Waals surface area contributed by atoms with Gasteiger partial charge in [-0.25, -0.2) is 9.37 Å². The van der Waals surface area contributed by atoms with E-state index in [-0.39, 0.29) is 22.7 Å². The highest BCUT2D eigenvalue weighted by Crippen LogP contribution is 2.31. The number of hydrogen-bond acceptors (Lipinski definition) is 8. The molecule has 2 atom stereocenters. The average Bonchev–Trinajstić information content (AvgIpc) is 3.15. The first-order valence-corrected chi connectivity index (χ1v) is 10.5. The van der Waals surface area contributed by atoms with Crippen LogP contribution in [0.4, 0.5) is 10.2 Å². The van der Waals surface area contributed by atoms with Gasteiger partial charge in [0.25, 0.3) is 0 Å². The van der Waals surface area contributed by atoms with Crippen molar-refractivity contribution in [3.63, 3.8) is 0 Å². The zero-order chi connectivity index (χ0) is 21.3. The maximum Gasteiger partial charge on any atom is 0.319 e. The molecule has 0 aliphatic carbocycles. The van der Waals surface area contributed by atoms with Gasteiger partial charge in [0.1, 0.15) is 17.9 Å². The number of fused-ring (bicyclic) bond motifs is 1. The molecule has 0 unspecified atom stereocenters. The number of nitriles is 1. The van der Waals surface area contributed by atoms with Crippen molar-refractivity contribution in [1.29, 1.82) is 5.26 Å².